The highest BCUT2D eigenvalue weighted by Crippen LogP contribution is 2.29. The average Bonchev–Trinajstić information content (AvgIpc) is 3.38. The van der Waals surface area contributed by atoms with Crippen LogP contribution in [0.4, 0.5) is 4.79 Å². The molecule has 12 N–H and O–H groups in total. The molecular weight excluding hydrogens is 985 g/mol. The summed E-state index contributed by atoms with van der Waals surface area (Å²) in [4.78, 5) is 125. The van der Waals surface area contributed by atoms with Crippen molar-refractivity contribution < 1.29 is 69.8 Å². The van der Waals surface area contributed by atoms with Gasteiger partial charge in [0.05, 0.1) is 12.0 Å². The van der Waals surface area contributed by atoms with Crippen LogP contribution in [0.25, 0.3) is 10.8 Å². The summed E-state index contributed by atoms with van der Waals surface area (Å²) in [5.74, 6) is -9.00. The summed E-state index contributed by atoms with van der Waals surface area (Å²) in [6.45, 7) is 6.06. The first kappa shape index (κ1) is 59.3. The SMILES string of the molecule is [2H]NC(CCNC(=O)C(CC(=O)[O-])NC(=O)C(C)c1ccc(CC(C)C)cc1)C(=O)NCC1CCC(C(=O)NC(Cc2ccc3ccccc3c2)C(=O)NCCCCC(NC(=O)NC(CCC(=O)O)C(=O)O)C(=O)O)CC1. The monoisotopic (exact) mass is 1060 g/mol. The fourth-order valence-corrected chi connectivity index (χ4v) is 8.88. The van der Waals surface area contributed by atoms with E-state index in [1.165, 1.54) is 0 Å². The second-order valence-electron chi connectivity index (χ2n) is 19.9. The van der Waals surface area contributed by atoms with E-state index in [9.17, 15) is 63.3 Å². The summed E-state index contributed by atoms with van der Waals surface area (Å²) in [6.07, 6.45) is 1.76. The molecular formula is C54H73N8O14-. The zero-order valence-electron chi connectivity index (χ0n) is 44.2. The lowest BCUT2D eigenvalue weighted by Crippen LogP contribution is -2.51. The van der Waals surface area contributed by atoms with E-state index >= 15 is 0 Å². The minimum Gasteiger partial charge on any atom is -0.550 e. The maximum atomic E-state index is 13.8. The quantitative estimate of drug-likeness (QED) is 0.0396. The summed E-state index contributed by atoms with van der Waals surface area (Å²) >= 11 is 0. The Morgan fingerprint density at radius 1 is 0.632 bits per heavy atom. The van der Waals surface area contributed by atoms with Gasteiger partial charge in [-0.1, -0.05) is 80.6 Å². The molecule has 22 heteroatoms. The highest BCUT2D eigenvalue weighted by Gasteiger charge is 2.31. The highest BCUT2D eigenvalue weighted by atomic mass is 16.4. The number of amides is 7. The van der Waals surface area contributed by atoms with Crippen LogP contribution in [0.1, 0.15) is 114 Å². The molecule has 6 unspecified atom stereocenters. The zero-order chi connectivity index (χ0) is 56.6. The van der Waals surface area contributed by atoms with E-state index in [1.54, 1.807) is 6.92 Å². The number of carbonyl (C=O) groups is 10. The van der Waals surface area contributed by atoms with Gasteiger partial charge in [-0.3, -0.25) is 28.8 Å². The number of aliphatic carboxylic acids is 4. The van der Waals surface area contributed by atoms with Gasteiger partial charge in [-0.2, -0.15) is 0 Å². The fourth-order valence-electron chi connectivity index (χ4n) is 8.88. The number of fused-ring (bicyclic) bond motifs is 1. The fraction of sp³-hybridized carbons (Fsp3) is 0.519. The molecule has 76 heavy (non-hydrogen) atoms. The molecule has 0 aliphatic heterocycles. The molecule has 7 amide bonds. The number of nitrogens with one attached hydrogen (secondary N) is 7. The van der Waals surface area contributed by atoms with Gasteiger partial charge in [-0.25, -0.2) is 14.4 Å². The van der Waals surface area contributed by atoms with Crippen LogP contribution in [0.3, 0.4) is 0 Å². The van der Waals surface area contributed by atoms with Crippen molar-refractivity contribution in [3.63, 3.8) is 0 Å². The predicted molar refractivity (Wildman–Crippen MR) is 277 cm³/mol. The third-order valence-corrected chi connectivity index (χ3v) is 13.3. The second-order valence-corrected chi connectivity index (χ2v) is 19.9. The summed E-state index contributed by atoms with van der Waals surface area (Å²) in [7, 11) is 0. The third-order valence-electron chi connectivity index (χ3n) is 13.3. The van der Waals surface area contributed by atoms with E-state index in [-0.39, 0.29) is 63.6 Å². The van der Waals surface area contributed by atoms with E-state index < -0.39 is 115 Å². The number of unbranched alkanes of at least 4 members (excludes halogenated alkanes) is 1. The van der Waals surface area contributed by atoms with E-state index in [2.05, 4.69) is 56.8 Å². The summed E-state index contributed by atoms with van der Waals surface area (Å²) in [5.41, 5.74) is 4.78. The van der Waals surface area contributed by atoms with Gasteiger partial charge in [0.2, 0.25) is 29.5 Å². The smallest absolute Gasteiger partial charge is 0.326 e. The number of carboxylic acid groups (broad SMARTS) is 4. The highest BCUT2D eigenvalue weighted by molar-refractivity contribution is 5.93. The Kier molecular flexibility index (Phi) is 23.9. The third kappa shape index (κ3) is 20.9. The lowest BCUT2D eigenvalue weighted by molar-refractivity contribution is -0.306. The molecule has 1 aliphatic carbocycles. The topological polar surface area (TPSA) is 365 Å². The van der Waals surface area contributed by atoms with Crippen LogP contribution in [0.5, 0.6) is 0 Å². The van der Waals surface area contributed by atoms with E-state index in [1.807, 2.05) is 66.7 Å². The Labute approximate surface area is 442 Å². The van der Waals surface area contributed by atoms with E-state index in [4.69, 9.17) is 6.52 Å². The summed E-state index contributed by atoms with van der Waals surface area (Å²) < 4.78 is 7.76. The number of urea groups is 1. The van der Waals surface area contributed by atoms with E-state index in [0.717, 1.165) is 28.3 Å². The van der Waals surface area contributed by atoms with Crippen LogP contribution < -0.4 is 48.1 Å². The number of carbonyl (C=O) groups excluding carboxylic acids is 7. The average molecular weight is 1060 g/mol. The van der Waals surface area contributed by atoms with Crippen molar-refractivity contribution in [1.82, 2.24) is 37.2 Å². The molecule has 414 valence electrons. The largest absolute Gasteiger partial charge is 0.550 e. The van der Waals surface area contributed by atoms with Gasteiger partial charge >= 0.3 is 23.9 Å². The number of hydrogen-bond acceptors (Lipinski definition) is 12. The minimum absolute atomic E-state index is 0.00377. The Balaban J connectivity index is 1.25. The molecule has 22 nitrogen and oxygen atoms in total. The van der Waals surface area contributed by atoms with Gasteiger partial charge < -0.3 is 68.2 Å². The molecule has 0 bridgehead atoms. The maximum Gasteiger partial charge on any atom is 0.326 e. The van der Waals surface area contributed by atoms with Crippen molar-refractivity contribution in [3.8, 4) is 0 Å². The summed E-state index contributed by atoms with van der Waals surface area (Å²) in [5, 5.41) is 59.2. The van der Waals surface area contributed by atoms with Crippen LogP contribution in [0.15, 0.2) is 66.7 Å². The molecule has 1 fully saturated rings. The number of hydrogen-bond donors (Lipinski definition) is 11. The molecule has 3 aromatic rings. The summed E-state index contributed by atoms with van der Waals surface area (Å²) in [6, 6.07) is 13.4. The lowest BCUT2D eigenvalue weighted by Gasteiger charge is -2.29. The van der Waals surface area contributed by atoms with Crippen LogP contribution in [0, 0.1) is 17.8 Å². The normalized spacial score (nSPS) is 16.8. The molecule has 1 aliphatic rings. The van der Waals surface area contributed by atoms with Crippen molar-refractivity contribution >= 4 is 70.2 Å². The molecule has 0 spiro atoms. The molecule has 0 saturated heterocycles. The van der Waals surface area contributed by atoms with Crippen molar-refractivity contribution in [1.29, 1.82) is 0 Å². The second kappa shape index (κ2) is 30.7. The lowest BCUT2D eigenvalue weighted by atomic mass is 9.81. The van der Waals surface area contributed by atoms with Gasteiger partial charge in [0.1, 0.15) is 25.6 Å². The molecule has 1 saturated carbocycles. The Bertz CT molecular complexity index is 2520. The van der Waals surface area contributed by atoms with Gasteiger partial charge in [-0.15, -0.1) is 0 Å². The van der Waals surface area contributed by atoms with Crippen molar-refractivity contribution in [3.05, 3.63) is 83.4 Å². The molecule has 0 aromatic heterocycles. The first-order valence-corrected chi connectivity index (χ1v) is 25.8. The Morgan fingerprint density at radius 3 is 1.87 bits per heavy atom. The predicted octanol–water partition coefficient (Wildman–Crippen LogP) is 1.61. The van der Waals surface area contributed by atoms with Crippen molar-refractivity contribution in [2.45, 2.75) is 140 Å². The van der Waals surface area contributed by atoms with Gasteiger partial charge in [0.15, 0.2) is 0 Å². The standard InChI is InChI=1S/C54H74N8O14/c1-31(2)26-33-11-16-36(17-12-33)32(3)47(67)59-44(29-46(65)66)51(71)57-25-23-40(55)49(69)58-30-34-13-19-38(20-14-34)48(68)60-43(28-35-15-18-37-8-4-5-9-39(37)27-35)50(70)56-24-7-6-10-41(52(72)73)61-54(76)62-42(53(74)75)21-22-45(63)64/h4-5,8-9,11-12,15-18,27,31-32,34,38,40-44H,6-7,10,13-14,19-26,28-30,55H2,1-3H3,(H,56,70)(H,57,71)(H,58,69)(H,59,67)(H,60,68)(H,63,64)(H,65,66)(H,72,73)(H,74,75)(H2,61,62,76)/p-1/i/hD. The first-order chi connectivity index (χ1) is 36.6. The van der Waals surface area contributed by atoms with Crippen molar-refractivity contribution in [2.24, 2.45) is 23.5 Å². The van der Waals surface area contributed by atoms with E-state index in [0.29, 0.717) is 37.2 Å². The molecule has 0 heterocycles. The van der Waals surface area contributed by atoms with Crippen LogP contribution >= 0.6 is 0 Å². The van der Waals surface area contributed by atoms with Crippen molar-refractivity contribution in [2.75, 3.05) is 19.6 Å². The van der Waals surface area contributed by atoms with Gasteiger partial charge in [-0.05, 0) is 110 Å². The number of carboxylic acids is 4. The zero-order valence-corrected chi connectivity index (χ0v) is 43.2. The Hall–Kier alpha value is -7.62. The number of nitrogens with two attached hydrogens (primary N) is 1. The van der Waals surface area contributed by atoms with Gasteiger partial charge in [0, 0.05) is 50.8 Å². The minimum atomic E-state index is -1.55. The van der Waals surface area contributed by atoms with Crippen LogP contribution in [0.2, 0.25) is 1.41 Å². The Morgan fingerprint density at radius 2 is 1.25 bits per heavy atom. The maximum absolute atomic E-state index is 13.8. The molecule has 3 aromatic carbocycles. The number of benzene rings is 3. The first-order valence-electron chi connectivity index (χ1n) is 26.3. The van der Waals surface area contributed by atoms with Gasteiger partial charge in [0.25, 0.3) is 0 Å². The molecule has 0 radical (unpaired) electrons. The molecule has 6 atom stereocenters. The van der Waals surface area contributed by atoms with Crippen LogP contribution in [-0.2, 0) is 56.0 Å². The number of rotatable bonds is 32. The van der Waals surface area contributed by atoms with Crippen LogP contribution in [-0.4, -0.2) is 125 Å². The molecule has 4 rings (SSSR count).